The van der Waals surface area contributed by atoms with E-state index in [9.17, 15) is 18.0 Å². The number of halogens is 3. The fourth-order valence-electron chi connectivity index (χ4n) is 4.67. The molecule has 3 rings (SSSR count). The van der Waals surface area contributed by atoms with Crippen molar-refractivity contribution in [2.75, 3.05) is 0 Å². The second-order valence-corrected chi connectivity index (χ2v) is 10.4. The largest absolute Gasteiger partial charge is 0.416 e. The average Bonchev–Trinajstić information content (AvgIpc) is 3.36. The van der Waals surface area contributed by atoms with Gasteiger partial charge in [0.2, 0.25) is 5.91 Å². The summed E-state index contributed by atoms with van der Waals surface area (Å²) in [4.78, 5) is 16.4. The molecule has 0 spiro atoms. The van der Waals surface area contributed by atoms with Crippen molar-refractivity contribution in [2.24, 2.45) is 5.41 Å². The minimum Gasteiger partial charge on any atom is -0.348 e. The molecule has 2 aromatic rings. The molecule has 1 aliphatic rings. The number of rotatable bonds is 8. The highest BCUT2D eigenvalue weighted by Gasteiger charge is 2.32. The number of aromatic nitrogens is 2. The van der Waals surface area contributed by atoms with E-state index < -0.39 is 11.7 Å². The first-order valence-corrected chi connectivity index (χ1v) is 12.7. The van der Waals surface area contributed by atoms with E-state index in [4.69, 9.17) is 0 Å². The first-order chi connectivity index (χ1) is 17.9. The van der Waals surface area contributed by atoms with Gasteiger partial charge in [0.1, 0.15) is 0 Å². The van der Waals surface area contributed by atoms with Crippen molar-refractivity contribution in [1.82, 2.24) is 14.9 Å². The summed E-state index contributed by atoms with van der Waals surface area (Å²) in [6, 6.07) is 5.08. The molecular weight excluding hydrogens is 487 g/mol. The van der Waals surface area contributed by atoms with Gasteiger partial charge in [-0.25, -0.2) is 4.98 Å². The molecule has 1 N–H and O–H groups in total. The van der Waals surface area contributed by atoms with Crippen molar-refractivity contribution in [2.45, 2.75) is 66.2 Å². The number of allylic oxidation sites excluding steroid dienone is 9. The maximum atomic E-state index is 12.7. The van der Waals surface area contributed by atoms with Crippen LogP contribution < -0.4 is 5.32 Å². The van der Waals surface area contributed by atoms with Gasteiger partial charge in [-0.15, -0.1) is 0 Å². The number of alkyl halides is 3. The number of nitrogens with zero attached hydrogens (tertiary/aromatic N) is 2. The lowest BCUT2D eigenvalue weighted by Crippen LogP contribution is -2.25. The van der Waals surface area contributed by atoms with Crippen molar-refractivity contribution in [3.05, 3.63) is 113 Å². The van der Waals surface area contributed by atoms with Gasteiger partial charge in [0.25, 0.3) is 0 Å². The monoisotopic (exact) mass is 523 g/mol. The maximum Gasteiger partial charge on any atom is 0.416 e. The first-order valence-electron chi connectivity index (χ1n) is 12.7. The van der Waals surface area contributed by atoms with Crippen LogP contribution in [0.15, 0.2) is 102 Å². The van der Waals surface area contributed by atoms with Gasteiger partial charge in [-0.2, -0.15) is 13.2 Å². The van der Waals surface area contributed by atoms with Crippen LogP contribution in [0.25, 0.3) is 0 Å². The van der Waals surface area contributed by atoms with Gasteiger partial charge in [0.05, 0.1) is 17.9 Å². The molecule has 38 heavy (non-hydrogen) atoms. The topological polar surface area (TPSA) is 46.9 Å². The van der Waals surface area contributed by atoms with Crippen LogP contribution in [0, 0.1) is 5.41 Å². The van der Waals surface area contributed by atoms with Gasteiger partial charge in [-0.1, -0.05) is 61.9 Å². The summed E-state index contributed by atoms with van der Waals surface area (Å²) in [7, 11) is 0. The predicted octanol–water partition coefficient (Wildman–Crippen LogP) is 7.90. The Morgan fingerprint density at radius 1 is 1.16 bits per heavy atom. The summed E-state index contributed by atoms with van der Waals surface area (Å²) in [6.07, 6.45) is 15.1. The average molecular weight is 524 g/mol. The van der Waals surface area contributed by atoms with E-state index in [2.05, 4.69) is 47.8 Å². The van der Waals surface area contributed by atoms with Crippen molar-refractivity contribution in [3.63, 3.8) is 0 Å². The Morgan fingerprint density at radius 2 is 1.87 bits per heavy atom. The number of nitrogens with one attached hydrogen (secondary N) is 1. The summed E-state index contributed by atoms with van der Waals surface area (Å²) in [5, 5.41) is 2.70. The van der Waals surface area contributed by atoms with Gasteiger partial charge >= 0.3 is 6.18 Å². The first kappa shape index (κ1) is 29.0. The quantitative estimate of drug-likeness (QED) is 0.282. The molecule has 1 unspecified atom stereocenters. The minimum atomic E-state index is -4.37. The Morgan fingerprint density at radius 3 is 2.50 bits per heavy atom. The molecule has 202 valence electrons. The van der Waals surface area contributed by atoms with Crippen LogP contribution in [-0.4, -0.2) is 15.5 Å². The van der Waals surface area contributed by atoms with Crippen LogP contribution in [0.5, 0.6) is 0 Å². The van der Waals surface area contributed by atoms with Gasteiger partial charge in [0, 0.05) is 25.0 Å². The van der Waals surface area contributed by atoms with Crippen LogP contribution in [0.3, 0.4) is 0 Å². The molecule has 0 radical (unpaired) electrons. The van der Waals surface area contributed by atoms with E-state index >= 15 is 0 Å². The minimum absolute atomic E-state index is 0.0981. The number of imidazole rings is 1. The molecule has 0 bridgehead atoms. The zero-order valence-corrected chi connectivity index (χ0v) is 22.6. The van der Waals surface area contributed by atoms with Gasteiger partial charge in [-0.3, -0.25) is 4.79 Å². The van der Waals surface area contributed by atoms with E-state index in [-0.39, 0.29) is 17.9 Å². The molecule has 0 fully saturated rings. The lowest BCUT2D eigenvalue weighted by Gasteiger charge is -2.37. The van der Waals surface area contributed by atoms with Crippen molar-refractivity contribution in [1.29, 1.82) is 0 Å². The molecule has 1 atom stereocenters. The van der Waals surface area contributed by atoms with Crippen molar-refractivity contribution in [3.8, 4) is 0 Å². The highest BCUT2D eigenvalue weighted by molar-refractivity contribution is 5.88. The molecule has 1 heterocycles. The number of carbonyl (C=O) groups excluding carboxylic acids is 1. The standard InChI is InChI=1S/C31H36F3N3O/c1-22(9-14-27-24(3)28(15-16-30(27,4)5)37-18-17-35-21-37)7-6-8-23(2)19-29(38)36-20-25-10-12-26(13-11-25)31(32,33)34/h6-14,17-19,21,28H,15-16,20H2,1-5H3,(H,36,38)/b8-6+,14-9+,22-7+,23-19-. The van der Waals surface area contributed by atoms with Gasteiger partial charge < -0.3 is 9.88 Å². The molecule has 1 aliphatic carbocycles. The third kappa shape index (κ3) is 7.94. The van der Waals surface area contributed by atoms with Crippen molar-refractivity contribution >= 4 is 5.91 Å². The Balaban J connectivity index is 1.58. The highest BCUT2D eigenvalue weighted by atomic mass is 19.4. The summed E-state index contributed by atoms with van der Waals surface area (Å²) in [6.45, 7) is 10.8. The van der Waals surface area contributed by atoms with E-state index in [0.29, 0.717) is 11.6 Å². The van der Waals surface area contributed by atoms with Crippen LogP contribution in [0.4, 0.5) is 13.2 Å². The Kier molecular flexibility index (Phi) is 9.36. The van der Waals surface area contributed by atoms with Crippen molar-refractivity contribution < 1.29 is 18.0 Å². The molecule has 4 nitrogen and oxygen atoms in total. The van der Waals surface area contributed by atoms with E-state index in [1.807, 2.05) is 50.8 Å². The Hall–Kier alpha value is -3.61. The number of amides is 1. The second kappa shape index (κ2) is 12.3. The van der Waals surface area contributed by atoms with Crippen LogP contribution in [0.2, 0.25) is 0 Å². The molecule has 1 aromatic heterocycles. The smallest absolute Gasteiger partial charge is 0.348 e. The fraction of sp³-hybridized carbons (Fsp3) is 0.355. The lowest BCUT2D eigenvalue weighted by molar-refractivity contribution is -0.137. The van der Waals surface area contributed by atoms with Crippen LogP contribution >= 0.6 is 0 Å². The fourth-order valence-corrected chi connectivity index (χ4v) is 4.67. The Labute approximate surface area is 223 Å². The second-order valence-electron chi connectivity index (χ2n) is 10.4. The summed E-state index contributed by atoms with van der Waals surface area (Å²) in [5.41, 5.74) is 4.54. The van der Waals surface area contributed by atoms with Crippen LogP contribution in [-0.2, 0) is 17.5 Å². The molecular formula is C31H36F3N3O. The summed E-state index contributed by atoms with van der Waals surface area (Å²) in [5.74, 6) is -0.304. The third-order valence-electron chi connectivity index (χ3n) is 6.92. The number of hydrogen-bond donors (Lipinski definition) is 1. The van der Waals surface area contributed by atoms with Gasteiger partial charge in [-0.05, 0) is 73.4 Å². The van der Waals surface area contributed by atoms with Crippen LogP contribution in [0.1, 0.15) is 64.6 Å². The lowest BCUT2D eigenvalue weighted by atomic mass is 9.71. The molecule has 0 saturated carbocycles. The molecule has 1 aromatic carbocycles. The summed E-state index contributed by atoms with van der Waals surface area (Å²) < 4.78 is 40.2. The van der Waals surface area contributed by atoms with E-state index in [0.717, 1.165) is 36.1 Å². The molecule has 1 amide bonds. The molecule has 0 saturated heterocycles. The zero-order chi connectivity index (χ0) is 27.9. The normalized spacial score (nSPS) is 19.0. The SMILES string of the molecule is CC1=C(/C=C/C(C)=C/C=C/C(C)=C\C(=O)NCc2ccc(C(F)(F)F)cc2)C(C)(C)CCC1n1ccnc1. The maximum absolute atomic E-state index is 12.7. The summed E-state index contributed by atoms with van der Waals surface area (Å²) >= 11 is 0. The molecule has 0 aliphatic heterocycles. The predicted molar refractivity (Wildman–Crippen MR) is 146 cm³/mol. The van der Waals surface area contributed by atoms with E-state index in [1.165, 1.54) is 29.4 Å². The van der Waals surface area contributed by atoms with E-state index in [1.54, 1.807) is 0 Å². The number of hydrogen-bond acceptors (Lipinski definition) is 2. The number of carbonyl (C=O) groups is 1. The number of benzene rings is 1. The Bertz CT molecular complexity index is 1260. The molecule has 7 heteroatoms. The highest BCUT2D eigenvalue weighted by Crippen LogP contribution is 2.45. The third-order valence-corrected chi connectivity index (χ3v) is 6.92. The zero-order valence-electron chi connectivity index (χ0n) is 22.6. The van der Waals surface area contributed by atoms with Gasteiger partial charge in [0.15, 0.2) is 0 Å².